The van der Waals surface area contributed by atoms with Crippen molar-refractivity contribution in [3.63, 3.8) is 0 Å². The van der Waals surface area contributed by atoms with Gasteiger partial charge in [-0.2, -0.15) is 5.10 Å². The number of carbonyl (C=O) groups excluding carboxylic acids is 2. The number of nitrogens with one attached hydrogen (secondary N) is 2. The van der Waals surface area contributed by atoms with E-state index in [0.717, 1.165) is 0 Å². The van der Waals surface area contributed by atoms with E-state index in [0.29, 0.717) is 24.2 Å². The Labute approximate surface area is 168 Å². The Morgan fingerprint density at radius 3 is 2.79 bits per heavy atom. The second-order valence-corrected chi connectivity index (χ2v) is 7.82. The Kier molecular flexibility index (Phi) is 6.17. The summed E-state index contributed by atoms with van der Waals surface area (Å²) in [6, 6.07) is 6.23. The third kappa shape index (κ3) is 5.77. The molecule has 1 aliphatic rings. The van der Waals surface area contributed by atoms with E-state index in [9.17, 15) is 14.0 Å². The number of benzene rings is 1. The highest BCUT2D eigenvalue weighted by atomic mass is 19.1. The number of para-hydroxylation sites is 1. The molecule has 1 saturated heterocycles. The fourth-order valence-electron chi connectivity index (χ4n) is 2.94. The molecule has 0 radical (unpaired) electrons. The van der Waals surface area contributed by atoms with E-state index in [1.807, 2.05) is 0 Å². The number of aromatic nitrogens is 2. The van der Waals surface area contributed by atoms with Gasteiger partial charge in [0, 0.05) is 6.54 Å². The summed E-state index contributed by atoms with van der Waals surface area (Å²) in [6.45, 7) is 5.62. The normalized spacial score (nSPS) is 19.0. The summed E-state index contributed by atoms with van der Waals surface area (Å²) >= 11 is 0. The van der Waals surface area contributed by atoms with Gasteiger partial charge in [-0.25, -0.2) is 13.9 Å². The summed E-state index contributed by atoms with van der Waals surface area (Å²) in [5, 5.41) is 9.46. The Morgan fingerprint density at radius 1 is 1.31 bits per heavy atom. The minimum Gasteiger partial charge on any atom is -0.444 e. The zero-order chi connectivity index (χ0) is 21.0. The minimum absolute atomic E-state index is 0.264. The maximum atomic E-state index is 13.8. The van der Waals surface area contributed by atoms with E-state index in [1.54, 1.807) is 39.0 Å². The summed E-state index contributed by atoms with van der Waals surface area (Å²) in [6.07, 6.45) is 2.75. The maximum absolute atomic E-state index is 13.8. The van der Waals surface area contributed by atoms with Crippen molar-refractivity contribution in [1.82, 2.24) is 15.1 Å². The van der Waals surface area contributed by atoms with Gasteiger partial charge in [0.1, 0.15) is 23.2 Å². The Morgan fingerprint density at radius 2 is 2.07 bits per heavy atom. The lowest BCUT2D eigenvalue weighted by molar-refractivity contribution is -0.126. The zero-order valence-corrected chi connectivity index (χ0v) is 16.6. The van der Waals surface area contributed by atoms with Gasteiger partial charge < -0.3 is 20.1 Å². The van der Waals surface area contributed by atoms with Crippen molar-refractivity contribution < 1.29 is 23.5 Å². The molecule has 3 rings (SSSR count). The molecule has 2 N–H and O–H groups in total. The van der Waals surface area contributed by atoms with E-state index in [4.69, 9.17) is 9.47 Å². The van der Waals surface area contributed by atoms with Crippen LogP contribution in [0, 0.1) is 5.82 Å². The van der Waals surface area contributed by atoms with Crippen molar-refractivity contribution in [2.45, 2.75) is 51.4 Å². The highest BCUT2D eigenvalue weighted by Crippen LogP contribution is 2.21. The van der Waals surface area contributed by atoms with Crippen LogP contribution in [-0.4, -0.2) is 46.1 Å². The second-order valence-electron chi connectivity index (χ2n) is 7.82. The first-order valence-electron chi connectivity index (χ1n) is 9.44. The van der Waals surface area contributed by atoms with E-state index >= 15 is 0 Å². The fourth-order valence-corrected chi connectivity index (χ4v) is 2.94. The monoisotopic (exact) mass is 404 g/mol. The van der Waals surface area contributed by atoms with Crippen LogP contribution in [0.5, 0.6) is 0 Å². The first kappa shape index (κ1) is 20.8. The van der Waals surface area contributed by atoms with Crippen molar-refractivity contribution in [2.75, 3.05) is 11.9 Å². The number of hydrogen-bond acceptors (Lipinski definition) is 5. The average molecular weight is 404 g/mol. The fraction of sp³-hybridized carbons (Fsp3) is 0.450. The summed E-state index contributed by atoms with van der Waals surface area (Å²) < 4.78 is 26.1. The Balaban J connectivity index is 1.49. The number of alkyl carbamates (subject to hydrolysis) is 1. The number of amides is 2. The van der Waals surface area contributed by atoms with Crippen molar-refractivity contribution in [2.24, 2.45) is 0 Å². The molecular weight excluding hydrogens is 379 g/mol. The minimum atomic E-state index is -0.628. The third-order valence-electron chi connectivity index (χ3n) is 4.22. The van der Waals surface area contributed by atoms with Gasteiger partial charge in [0.25, 0.3) is 5.91 Å². The molecule has 2 atom stereocenters. The maximum Gasteiger partial charge on any atom is 0.407 e. The molecule has 1 aromatic heterocycles. The number of ether oxygens (including phenoxy) is 2. The predicted molar refractivity (Wildman–Crippen MR) is 104 cm³/mol. The van der Waals surface area contributed by atoms with Crippen molar-refractivity contribution >= 4 is 17.7 Å². The molecule has 0 saturated carbocycles. The molecule has 2 aromatic rings. The third-order valence-corrected chi connectivity index (χ3v) is 4.22. The first-order chi connectivity index (χ1) is 13.7. The second kappa shape index (κ2) is 8.60. The molecule has 9 heteroatoms. The molecule has 1 aliphatic heterocycles. The highest BCUT2D eigenvalue weighted by molar-refractivity contribution is 5.94. The van der Waals surface area contributed by atoms with Crippen LogP contribution in [0.25, 0.3) is 5.69 Å². The number of nitrogens with zero attached hydrogens (tertiary/aromatic N) is 2. The SMILES string of the molecule is CC(C)(C)OC(=O)NC[C@H]1CC[C@@H](C(=O)Nc2cnn(-c3ccccc3F)c2)O1. The van der Waals surface area contributed by atoms with Gasteiger partial charge in [-0.15, -0.1) is 0 Å². The molecule has 2 amide bonds. The Hall–Kier alpha value is -2.94. The van der Waals surface area contributed by atoms with Gasteiger partial charge in [0.05, 0.1) is 24.2 Å². The lowest BCUT2D eigenvalue weighted by atomic mass is 10.2. The molecule has 8 nitrogen and oxygen atoms in total. The van der Waals surface area contributed by atoms with E-state index in [-0.39, 0.29) is 18.6 Å². The lowest BCUT2D eigenvalue weighted by Crippen LogP contribution is -2.37. The van der Waals surface area contributed by atoms with Crippen LogP contribution in [0.3, 0.4) is 0 Å². The van der Waals surface area contributed by atoms with Crippen molar-refractivity contribution in [3.05, 3.63) is 42.5 Å². The van der Waals surface area contributed by atoms with Crippen molar-refractivity contribution in [3.8, 4) is 5.69 Å². The zero-order valence-electron chi connectivity index (χ0n) is 16.6. The van der Waals surface area contributed by atoms with Crippen LogP contribution in [0.1, 0.15) is 33.6 Å². The molecule has 2 heterocycles. The molecule has 1 fully saturated rings. The summed E-state index contributed by atoms with van der Waals surface area (Å²) in [7, 11) is 0. The van der Waals surface area contributed by atoms with E-state index < -0.39 is 23.6 Å². The number of carbonyl (C=O) groups is 2. The topological polar surface area (TPSA) is 94.5 Å². The quantitative estimate of drug-likeness (QED) is 0.799. The molecule has 0 spiro atoms. The van der Waals surface area contributed by atoms with Crippen LogP contribution in [-0.2, 0) is 14.3 Å². The smallest absolute Gasteiger partial charge is 0.407 e. The molecule has 156 valence electrons. The van der Waals surface area contributed by atoms with Gasteiger partial charge in [-0.1, -0.05) is 12.1 Å². The molecule has 0 unspecified atom stereocenters. The lowest BCUT2D eigenvalue weighted by Gasteiger charge is -2.20. The van der Waals surface area contributed by atoms with E-state index in [2.05, 4.69) is 15.7 Å². The molecule has 1 aromatic carbocycles. The van der Waals surface area contributed by atoms with Crippen LogP contribution >= 0.6 is 0 Å². The summed E-state index contributed by atoms with van der Waals surface area (Å²) in [4.78, 5) is 24.2. The highest BCUT2D eigenvalue weighted by Gasteiger charge is 2.31. The van der Waals surface area contributed by atoms with Crippen LogP contribution in [0.4, 0.5) is 14.9 Å². The van der Waals surface area contributed by atoms with Gasteiger partial charge >= 0.3 is 6.09 Å². The number of hydrogen-bond donors (Lipinski definition) is 2. The van der Waals surface area contributed by atoms with Crippen LogP contribution < -0.4 is 10.6 Å². The van der Waals surface area contributed by atoms with Gasteiger partial charge in [-0.3, -0.25) is 4.79 Å². The largest absolute Gasteiger partial charge is 0.444 e. The van der Waals surface area contributed by atoms with Gasteiger partial charge in [0.2, 0.25) is 0 Å². The molecule has 0 aliphatic carbocycles. The summed E-state index contributed by atoms with van der Waals surface area (Å²) in [5.74, 6) is -0.717. The number of halogens is 1. The molecular formula is C20H25FN4O4. The van der Waals surface area contributed by atoms with Gasteiger partial charge in [0.15, 0.2) is 0 Å². The van der Waals surface area contributed by atoms with E-state index in [1.165, 1.54) is 23.1 Å². The number of rotatable bonds is 5. The first-order valence-corrected chi connectivity index (χ1v) is 9.44. The van der Waals surface area contributed by atoms with Gasteiger partial charge in [-0.05, 0) is 45.7 Å². The standard InChI is InChI=1S/C20H25FN4O4/c1-20(2,3)29-19(27)22-11-14-8-9-17(28-14)18(26)24-13-10-23-25(12-13)16-7-5-4-6-15(16)21/h4-7,10,12,14,17H,8-9,11H2,1-3H3,(H,22,27)(H,24,26)/t14-,17+/m1/s1. The van der Waals surface area contributed by atoms with Crippen LogP contribution in [0.15, 0.2) is 36.7 Å². The summed E-state index contributed by atoms with van der Waals surface area (Å²) in [5.41, 5.74) is 0.159. The predicted octanol–water partition coefficient (Wildman–Crippen LogP) is 3.02. The average Bonchev–Trinajstić information content (AvgIpc) is 3.28. The van der Waals surface area contributed by atoms with Crippen molar-refractivity contribution in [1.29, 1.82) is 0 Å². The Bertz CT molecular complexity index is 877. The molecule has 29 heavy (non-hydrogen) atoms. The van der Waals surface area contributed by atoms with Crippen LogP contribution in [0.2, 0.25) is 0 Å². The number of anilines is 1. The molecule has 0 bridgehead atoms.